The van der Waals surface area contributed by atoms with E-state index >= 15 is 0 Å². The zero-order valence-electron chi connectivity index (χ0n) is 22.4. The van der Waals surface area contributed by atoms with E-state index < -0.39 is 17.8 Å². The molecule has 8 heteroatoms. The fourth-order valence-electron chi connectivity index (χ4n) is 3.98. The van der Waals surface area contributed by atoms with Crippen LogP contribution in [0.5, 0.6) is 17.2 Å². The minimum atomic E-state index is -0.776. The summed E-state index contributed by atoms with van der Waals surface area (Å²) in [5.74, 6) is 0.291. The van der Waals surface area contributed by atoms with Crippen molar-refractivity contribution in [2.24, 2.45) is 0 Å². The standard InChI is InChI=1S/C31H32N2O6/c1-4-15-38-27-14-13-24(18-28(27)37-5-2)19-33-30(35)26(29(34)32-31(33)36)17-23-7-6-8-25(16-23)39-20-22-11-9-21(3)10-12-22/h6-14,16-18H,4-5,15,19-20H2,1-3H3,(H,32,34,36)/b26-17-. The van der Waals surface area contributed by atoms with Gasteiger partial charge in [-0.1, -0.05) is 55.0 Å². The van der Waals surface area contributed by atoms with Crippen LogP contribution in [0.25, 0.3) is 6.08 Å². The maximum absolute atomic E-state index is 13.3. The van der Waals surface area contributed by atoms with Crippen LogP contribution in [0.1, 0.15) is 42.5 Å². The summed E-state index contributed by atoms with van der Waals surface area (Å²) in [7, 11) is 0. The molecular formula is C31H32N2O6. The smallest absolute Gasteiger partial charge is 0.331 e. The van der Waals surface area contributed by atoms with Crippen LogP contribution in [0.15, 0.2) is 72.3 Å². The fraction of sp³-hybridized carbons (Fsp3) is 0.258. The summed E-state index contributed by atoms with van der Waals surface area (Å²) in [6.07, 6.45) is 2.31. The van der Waals surface area contributed by atoms with Gasteiger partial charge in [0.1, 0.15) is 17.9 Å². The number of aryl methyl sites for hydroxylation is 1. The van der Waals surface area contributed by atoms with Crippen molar-refractivity contribution < 1.29 is 28.6 Å². The molecule has 0 bridgehead atoms. The summed E-state index contributed by atoms with van der Waals surface area (Å²) in [5.41, 5.74) is 3.31. The van der Waals surface area contributed by atoms with Crippen LogP contribution in [0, 0.1) is 6.92 Å². The third kappa shape index (κ3) is 7.04. The third-order valence-corrected chi connectivity index (χ3v) is 5.99. The summed E-state index contributed by atoms with van der Waals surface area (Å²) in [4.78, 5) is 39.5. The van der Waals surface area contributed by atoms with Crippen molar-refractivity contribution in [3.8, 4) is 17.2 Å². The number of hydrogen-bond donors (Lipinski definition) is 1. The van der Waals surface area contributed by atoms with Gasteiger partial charge in [-0.05, 0) is 67.3 Å². The number of carbonyl (C=O) groups excluding carboxylic acids is 3. The Morgan fingerprint density at radius 2 is 1.62 bits per heavy atom. The van der Waals surface area contributed by atoms with Crippen molar-refractivity contribution in [2.45, 2.75) is 40.3 Å². The molecule has 202 valence electrons. The molecule has 3 aromatic rings. The molecule has 3 aromatic carbocycles. The Morgan fingerprint density at radius 1 is 0.846 bits per heavy atom. The molecule has 0 saturated carbocycles. The van der Waals surface area contributed by atoms with Gasteiger partial charge in [-0.25, -0.2) is 4.79 Å². The van der Waals surface area contributed by atoms with Crippen LogP contribution >= 0.6 is 0 Å². The molecule has 0 spiro atoms. The number of benzene rings is 3. The van der Waals surface area contributed by atoms with Crippen molar-refractivity contribution in [1.82, 2.24) is 10.2 Å². The van der Waals surface area contributed by atoms with E-state index in [1.54, 1.807) is 42.5 Å². The molecular weight excluding hydrogens is 496 g/mol. The number of imide groups is 2. The molecule has 39 heavy (non-hydrogen) atoms. The van der Waals surface area contributed by atoms with Crippen molar-refractivity contribution in [3.63, 3.8) is 0 Å². The number of carbonyl (C=O) groups is 3. The minimum absolute atomic E-state index is 0.0386. The molecule has 4 rings (SSSR count). The number of amides is 4. The number of nitrogens with one attached hydrogen (secondary N) is 1. The van der Waals surface area contributed by atoms with Gasteiger partial charge in [0.05, 0.1) is 19.8 Å². The Kier molecular flexibility index (Phi) is 8.99. The topological polar surface area (TPSA) is 94.2 Å². The summed E-state index contributed by atoms with van der Waals surface area (Å²) < 4.78 is 17.3. The second-order valence-corrected chi connectivity index (χ2v) is 9.12. The molecule has 0 atom stereocenters. The van der Waals surface area contributed by atoms with E-state index in [1.807, 2.05) is 45.0 Å². The van der Waals surface area contributed by atoms with Crippen LogP contribution < -0.4 is 19.5 Å². The molecule has 1 N–H and O–H groups in total. The van der Waals surface area contributed by atoms with Crippen LogP contribution in [-0.2, 0) is 22.7 Å². The molecule has 1 fully saturated rings. The lowest BCUT2D eigenvalue weighted by molar-refractivity contribution is -0.130. The van der Waals surface area contributed by atoms with E-state index in [-0.39, 0.29) is 12.1 Å². The molecule has 1 heterocycles. The van der Waals surface area contributed by atoms with E-state index in [1.165, 1.54) is 11.6 Å². The SMILES string of the molecule is CCCOc1ccc(CN2C(=O)NC(=O)/C(=C/c3cccc(OCc4ccc(C)cc4)c3)C2=O)cc1OCC. The first-order chi connectivity index (χ1) is 18.9. The number of nitrogens with zero attached hydrogens (tertiary/aromatic N) is 1. The molecule has 1 aliphatic heterocycles. The van der Waals surface area contributed by atoms with E-state index in [4.69, 9.17) is 14.2 Å². The zero-order chi connectivity index (χ0) is 27.8. The molecule has 1 aliphatic rings. The van der Waals surface area contributed by atoms with Crippen molar-refractivity contribution in [3.05, 3.63) is 94.6 Å². The highest BCUT2D eigenvalue weighted by molar-refractivity contribution is 6.30. The molecule has 4 amide bonds. The van der Waals surface area contributed by atoms with Crippen molar-refractivity contribution in [2.75, 3.05) is 13.2 Å². The normalized spacial score (nSPS) is 14.4. The number of hydrogen-bond acceptors (Lipinski definition) is 6. The lowest BCUT2D eigenvalue weighted by atomic mass is 10.1. The predicted molar refractivity (Wildman–Crippen MR) is 147 cm³/mol. The van der Waals surface area contributed by atoms with Crippen LogP contribution in [0.2, 0.25) is 0 Å². The Bertz CT molecular complexity index is 1380. The van der Waals surface area contributed by atoms with Gasteiger partial charge in [-0.3, -0.25) is 19.8 Å². The average molecular weight is 529 g/mol. The fourth-order valence-corrected chi connectivity index (χ4v) is 3.98. The molecule has 1 saturated heterocycles. The third-order valence-electron chi connectivity index (χ3n) is 5.99. The highest BCUT2D eigenvalue weighted by Crippen LogP contribution is 2.30. The van der Waals surface area contributed by atoms with Gasteiger partial charge in [0.25, 0.3) is 11.8 Å². The molecule has 0 radical (unpaired) electrons. The highest BCUT2D eigenvalue weighted by Gasteiger charge is 2.35. The first-order valence-corrected chi connectivity index (χ1v) is 12.9. The molecule has 0 unspecified atom stereocenters. The maximum Gasteiger partial charge on any atom is 0.331 e. The second kappa shape index (κ2) is 12.8. The quantitative estimate of drug-likeness (QED) is 0.264. The summed E-state index contributed by atoms with van der Waals surface area (Å²) in [5, 5.41) is 2.27. The van der Waals surface area contributed by atoms with E-state index in [0.717, 1.165) is 16.9 Å². The van der Waals surface area contributed by atoms with E-state index in [0.29, 0.717) is 48.2 Å². The van der Waals surface area contributed by atoms with Gasteiger partial charge in [0.2, 0.25) is 0 Å². The van der Waals surface area contributed by atoms with Gasteiger partial charge in [0, 0.05) is 0 Å². The zero-order valence-corrected chi connectivity index (χ0v) is 22.4. The number of rotatable bonds is 11. The molecule has 0 aromatic heterocycles. The van der Waals surface area contributed by atoms with Gasteiger partial charge in [-0.2, -0.15) is 0 Å². The van der Waals surface area contributed by atoms with E-state index in [9.17, 15) is 14.4 Å². The largest absolute Gasteiger partial charge is 0.490 e. The van der Waals surface area contributed by atoms with Crippen LogP contribution in [0.4, 0.5) is 4.79 Å². The monoisotopic (exact) mass is 528 g/mol. The second-order valence-electron chi connectivity index (χ2n) is 9.12. The first-order valence-electron chi connectivity index (χ1n) is 12.9. The summed E-state index contributed by atoms with van der Waals surface area (Å²) in [6, 6.07) is 19.6. The summed E-state index contributed by atoms with van der Waals surface area (Å²) >= 11 is 0. The molecule has 0 aliphatic carbocycles. The first kappa shape index (κ1) is 27.4. The number of urea groups is 1. The Hall–Kier alpha value is -4.59. The van der Waals surface area contributed by atoms with Crippen LogP contribution in [0.3, 0.4) is 0 Å². The van der Waals surface area contributed by atoms with Crippen molar-refractivity contribution in [1.29, 1.82) is 0 Å². The maximum atomic E-state index is 13.3. The van der Waals surface area contributed by atoms with Crippen LogP contribution in [-0.4, -0.2) is 36.0 Å². The lowest BCUT2D eigenvalue weighted by Crippen LogP contribution is -2.53. The molecule has 8 nitrogen and oxygen atoms in total. The Morgan fingerprint density at radius 3 is 2.36 bits per heavy atom. The number of barbiturate groups is 1. The Labute approximate surface area is 228 Å². The van der Waals surface area contributed by atoms with Gasteiger partial charge < -0.3 is 14.2 Å². The van der Waals surface area contributed by atoms with Gasteiger partial charge >= 0.3 is 6.03 Å². The summed E-state index contributed by atoms with van der Waals surface area (Å²) in [6.45, 7) is 7.22. The van der Waals surface area contributed by atoms with Crippen molar-refractivity contribution >= 4 is 23.9 Å². The Balaban J connectivity index is 1.51. The highest BCUT2D eigenvalue weighted by atomic mass is 16.5. The minimum Gasteiger partial charge on any atom is -0.490 e. The number of ether oxygens (including phenoxy) is 3. The average Bonchev–Trinajstić information content (AvgIpc) is 2.93. The van der Waals surface area contributed by atoms with E-state index in [2.05, 4.69) is 5.32 Å². The lowest BCUT2D eigenvalue weighted by Gasteiger charge is -2.26. The predicted octanol–water partition coefficient (Wildman–Crippen LogP) is 5.42. The van der Waals surface area contributed by atoms with Gasteiger partial charge in [-0.15, -0.1) is 0 Å². The van der Waals surface area contributed by atoms with Gasteiger partial charge in [0.15, 0.2) is 11.5 Å².